The third kappa shape index (κ3) is 6.44. The molecule has 0 saturated carbocycles. The van der Waals surface area contributed by atoms with E-state index in [1.807, 2.05) is 55.5 Å². The van der Waals surface area contributed by atoms with Gasteiger partial charge in [-0.3, -0.25) is 19.3 Å². The molecule has 0 spiro atoms. The molecule has 1 fully saturated rings. The summed E-state index contributed by atoms with van der Waals surface area (Å²) in [4.78, 5) is 37.8. The lowest BCUT2D eigenvalue weighted by Crippen LogP contribution is -2.40. The van der Waals surface area contributed by atoms with E-state index in [-0.39, 0.29) is 11.4 Å². The zero-order chi connectivity index (χ0) is 22.2. The van der Waals surface area contributed by atoms with E-state index >= 15 is 0 Å². The van der Waals surface area contributed by atoms with Crippen molar-refractivity contribution in [1.29, 1.82) is 0 Å². The maximum absolute atomic E-state index is 12.5. The fourth-order valence-corrected chi connectivity index (χ4v) is 3.63. The van der Waals surface area contributed by atoms with Gasteiger partial charge in [-0.1, -0.05) is 42.0 Å². The first-order valence-electron chi connectivity index (χ1n) is 9.75. The number of imide groups is 1. The van der Waals surface area contributed by atoms with Crippen LogP contribution in [0.25, 0.3) is 6.08 Å². The van der Waals surface area contributed by atoms with E-state index in [4.69, 9.17) is 9.47 Å². The number of nitrogens with zero attached hydrogens (tertiary/aromatic N) is 1. The van der Waals surface area contributed by atoms with Crippen LogP contribution in [0, 0.1) is 6.92 Å². The molecule has 3 rings (SSSR count). The highest BCUT2D eigenvalue weighted by atomic mass is 32.2. The first-order valence-corrected chi connectivity index (χ1v) is 10.6. The van der Waals surface area contributed by atoms with Gasteiger partial charge >= 0.3 is 0 Å². The van der Waals surface area contributed by atoms with Crippen LogP contribution in [-0.2, 0) is 20.9 Å². The molecule has 31 heavy (non-hydrogen) atoms. The first-order chi connectivity index (χ1) is 15.0. The van der Waals surface area contributed by atoms with E-state index < -0.39 is 17.1 Å². The van der Waals surface area contributed by atoms with Gasteiger partial charge in [0.15, 0.2) is 0 Å². The van der Waals surface area contributed by atoms with Crippen LogP contribution in [0.5, 0.6) is 5.75 Å². The molecule has 1 heterocycles. The molecule has 1 aliphatic heterocycles. The largest absolute Gasteiger partial charge is 0.489 e. The molecule has 0 atom stereocenters. The van der Waals surface area contributed by atoms with Crippen molar-refractivity contribution >= 4 is 34.9 Å². The molecule has 0 unspecified atom stereocenters. The standard InChI is InChI=1S/C23H24N2O5S/c1-16-3-5-18(6-4-16)15-30-19-9-7-17(8-10-19)13-20-22(27)25(23(28)31-20)14-21(26)24-11-12-29-2/h3-10,13H,11-12,14-15H2,1-2H3,(H,24,26)/b20-13-. The molecule has 1 aliphatic rings. The highest BCUT2D eigenvalue weighted by molar-refractivity contribution is 8.18. The van der Waals surface area contributed by atoms with E-state index in [1.54, 1.807) is 6.08 Å². The number of amides is 3. The van der Waals surface area contributed by atoms with Gasteiger partial charge in [-0.2, -0.15) is 0 Å². The third-order valence-electron chi connectivity index (χ3n) is 4.51. The Morgan fingerprint density at radius 1 is 1.10 bits per heavy atom. The maximum Gasteiger partial charge on any atom is 0.294 e. The number of aryl methyl sites for hydroxylation is 1. The zero-order valence-corrected chi connectivity index (χ0v) is 18.2. The summed E-state index contributed by atoms with van der Waals surface area (Å²) in [5.41, 5.74) is 3.04. The molecule has 0 aromatic heterocycles. The summed E-state index contributed by atoms with van der Waals surface area (Å²) in [5.74, 6) is -0.175. The molecule has 2 aromatic rings. The number of thioether (sulfide) groups is 1. The molecule has 0 radical (unpaired) electrons. The Hall–Kier alpha value is -3.10. The van der Waals surface area contributed by atoms with E-state index in [1.165, 1.54) is 12.7 Å². The molecule has 7 nitrogen and oxygen atoms in total. The van der Waals surface area contributed by atoms with Crippen molar-refractivity contribution in [1.82, 2.24) is 10.2 Å². The minimum atomic E-state index is -0.475. The van der Waals surface area contributed by atoms with Crippen LogP contribution in [0.15, 0.2) is 53.4 Å². The minimum absolute atomic E-state index is 0.281. The lowest BCUT2D eigenvalue weighted by molar-refractivity contribution is -0.129. The number of carbonyl (C=O) groups excluding carboxylic acids is 3. The van der Waals surface area contributed by atoms with Gasteiger partial charge in [0.2, 0.25) is 5.91 Å². The maximum atomic E-state index is 12.5. The number of hydrogen-bond acceptors (Lipinski definition) is 6. The van der Waals surface area contributed by atoms with Crippen molar-refractivity contribution in [2.24, 2.45) is 0 Å². The summed E-state index contributed by atoms with van der Waals surface area (Å²) in [6.07, 6.45) is 1.64. The third-order valence-corrected chi connectivity index (χ3v) is 5.42. The Labute approximate surface area is 185 Å². The van der Waals surface area contributed by atoms with Crippen LogP contribution < -0.4 is 10.1 Å². The van der Waals surface area contributed by atoms with E-state index in [0.717, 1.165) is 27.8 Å². The number of benzene rings is 2. The molecule has 3 amide bonds. The van der Waals surface area contributed by atoms with Gasteiger partial charge < -0.3 is 14.8 Å². The SMILES string of the molecule is COCCNC(=O)CN1C(=O)S/C(=C\c2ccc(OCc3ccc(C)cc3)cc2)C1=O. The second kappa shape index (κ2) is 10.8. The average Bonchev–Trinajstić information content (AvgIpc) is 3.02. The Bertz CT molecular complexity index is 970. The Morgan fingerprint density at radius 2 is 1.81 bits per heavy atom. The highest BCUT2D eigenvalue weighted by Crippen LogP contribution is 2.32. The lowest BCUT2D eigenvalue weighted by atomic mass is 10.1. The quantitative estimate of drug-likeness (QED) is 0.475. The van der Waals surface area contributed by atoms with Crippen LogP contribution in [-0.4, -0.2) is 48.8 Å². The van der Waals surface area contributed by atoms with Gasteiger partial charge in [-0.05, 0) is 48.0 Å². The van der Waals surface area contributed by atoms with Gasteiger partial charge in [-0.15, -0.1) is 0 Å². The Morgan fingerprint density at radius 3 is 2.48 bits per heavy atom. The van der Waals surface area contributed by atoms with Crippen molar-refractivity contribution in [3.8, 4) is 5.75 Å². The number of ether oxygens (including phenoxy) is 2. The fourth-order valence-electron chi connectivity index (χ4n) is 2.79. The molecule has 162 valence electrons. The molecule has 0 bridgehead atoms. The molecule has 0 aliphatic carbocycles. The topological polar surface area (TPSA) is 84.9 Å². The Kier molecular flexibility index (Phi) is 7.86. The molecular formula is C23H24N2O5S. The fraction of sp³-hybridized carbons (Fsp3) is 0.261. The predicted molar refractivity (Wildman–Crippen MR) is 120 cm³/mol. The van der Waals surface area contributed by atoms with Gasteiger partial charge in [-0.25, -0.2) is 0 Å². The number of nitrogens with one attached hydrogen (secondary N) is 1. The van der Waals surface area contributed by atoms with Gasteiger partial charge in [0.05, 0.1) is 11.5 Å². The molecule has 8 heteroatoms. The average molecular weight is 441 g/mol. The van der Waals surface area contributed by atoms with Crippen LogP contribution in [0.4, 0.5) is 4.79 Å². The highest BCUT2D eigenvalue weighted by Gasteiger charge is 2.36. The van der Waals surface area contributed by atoms with E-state index in [9.17, 15) is 14.4 Å². The van der Waals surface area contributed by atoms with Crippen molar-refractivity contribution in [2.45, 2.75) is 13.5 Å². The molecular weight excluding hydrogens is 416 g/mol. The van der Waals surface area contributed by atoms with Crippen LogP contribution >= 0.6 is 11.8 Å². The zero-order valence-electron chi connectivity index (χ0n) is 17.4. The van der Waals surface area contributed by atoms with Crippen molar-refractivity contribution in [2.75, 3.05) is 26.8 Å². The second-order valence-electron chi connectivity index (χ2n) is 6.95. The second-order valence-corrected chi connectivity index (χ2v) is 7.95. The van der Waals surface area contributed by atoms with Crippen molar-refractivity contribution in [3.05, 3.63) is 70.1 Å². The summed E-state index contributed by atoms with van der Waals surface area (Å²) in [5, 5.41) is 2.13. The summed E-state index contributed by atoms with van der Waals surface area (Å²) in [7, 11) is 1.52. The number of rotatable bonds is 9. The number of carbonyl (C=O) groups is 3. The monoisotopic (exact) mass is 440 g/mol. The number of hydrogen-bond donors (Lipinski definition) is 1. The summed E-state index contributed by atoms with van der Waals surface area (Å²) < 4.78 is 10.6. The van der Waals surface area contributed by atoms with Crippen molar-refractivity contribution in [3.63, 3.8) is 0 Å². The summed E-state index contributed by atoms with van der Waals surface area (Å²) in [6.45, 7) is 2.87. The molecule has 1 saturated heterocycles. The predicted octanol–water partition coefficient (Wildman–Crippen LogP) is 3.37. The van der Waals surface area contributed by atoms with Crippen LogP contribution in [0.2, 0.25) is 0 Å². The van der Waals surface area contributed by atoms with Gasteiger partial charge in [0.1, 0.15) is 18.9 Å². The van der Waals surface area contributed by atoms with Gasteiger partial charge in [0.25, 0.3) is 11.1 Å². The van der Waals surface area contributed by atoms with E-state index in [2.05, 4.69) is 5.32 Å². The number of methoxy groups -OCH3 is 1. The summed E-state index contributed by atoms with van der Waals surface area (Å²) in [6, 6.07) is 15.4. The van der Waals surface area contributed by atoms with Crippen LogP contribution in [0.1, 0.15) is 16.7 Å². The van der Waals surface area contributed by atoms with Crippen LogP contribution in [0.3, 0.4) is 0 Å². The van der Waals surface area contributed by atoms with Crippen molar-refractivity contribution < 1.29 is 23.9 Å². The Balaban J connectivity index is 1.57. The smallest absolute Gasteiger partial charge is 0.294 e. The minimum Gasteiger partial charge on any atom is -0.489 e. The molecule has 1 N–H and O–H groups in total. The normalized spacial score (nSPS) is 14.9. The lowest BCUT2D eigenvalue weighted by Gasteiger charge is -2.12. The first kappa shape index (κ1) is 22.6. The summed E-state index contributed by atoms with van der Waals surface area (Å²) >= 11 is 0.822. The van der Waals surface area contributed by atoms with E-state index in [0.29, 0.717) is 25.5 Å². The van der Waals surface area contributed by atoms with Gasteiger partial charge in [0, 0.05) is 13.7 Å². The molecule has 2 aromatic carbocycles.